The van der Waals surface area contributed by atoms with E-state index in [0.717, 1.165) is 21.8 Å². The number of aromatic nitrogens is 1. The molecule has 0 aliphatic rings. The summed E-state index contributed by atoms with van der Waals surface area (Å²) in [6.07, 6.45) is 0. The standard InChI is InChI=1S/C17H18N2OS/c1-9-5-6-13(7-10(9)2)15-16(20-19-17(15)18)14-8-11(3)12(4)21-14/h5-8H,1-4H3,(H2,18,19). The molecular formula is C17H18N2OS. The van der Waals surface area contributed by atoms with Crippen LogP contribution in [0, 0.1) is 27.7 Å². The third-order valence-corrected chi connectivity index (χ3v) is 5.06. The smallest absolute Gasteiger partial charge is 0.186 e. The second-order valence-electron chi connectivity index (χ2n) is 5.42. The average molecular weight is 298 g/mol. The van der Waals surface area contributed by atoms with E-state index in [0.29, 0.717) is 5.82 Å². The molecule has 0 aliphatic heterocycles. The van der Waals surface area contributed by atoms with Crippen LogP contribution in [0.3, 0.4) is 0 Å². The van der Waals surface area contributed by atoms with Gasteiger partial charge < -0.3 is 10.3 Å². The molecule has 4 heteroatoms. The van der Waals surface area contributed by atoms with Crippen molar-refractivity contribution < 1.29 is 4.52 Å². The molecule has 2 heterocycles. The summed E-state index contributed by atoms with van der Waals surface area (Å²) < 4.78 is 5.51. The molecule has 21 heavy (non-hydrogen) atoms. The molecule has 3 nitrogen and oxygen atoms in total. The van der Waals surface area contributed by atoms with Crippen molar-refractivity contribution in [2.45, 2.75) is 27.7 Å². The molecule has 0 saturated carbocycles. The molecule has 0 bridgehead atoms. The van der Waals surface area contributed by atoms with Crippen LogP contribution in [0.4, 0.5) is 5.82 Å². The van der Waals surface area contributed by atoms with Gasteiger partial charge in [-0.25, -0.2) is 0 Å². The van der Waals surface area contributed by atoms with E-state index in [2.05, 4.69) is 57.1 Å². The maximum atomic E-state index is 6.04. The third-order valence-electron chi connectivity index (χ3n) is 3.90. The van der Waals surface area contributed by atoms with Crippen molar-refractivity contribution in [3.8, 4) is 21.8 Å². The summed E-state index contributed by atoms with van der Waals surface area (Å²) in [5, 5.41) is 3.97. The third kappa shape index (κ3) is 2.36. The van der Waals surface area contributed by atoms with Crippen LogP contribution in [0.25, 0.3) is 21.8 Å². The first-order valence-corrected chi connectivity index (χ1v) is 7.69. The largest absolute Gasteiger partial charge is 0.380 e. The number of aryl methyl sites for hydroxylation is 4. The maximum absolute atomic E-state index is 6.04. The summed E-state index contributed by atoms with van der Waals surface area (Å²) in [5.41, 5.74) is 11.7. The fraction of sp³-hybridized carbons (Fsp3) is 0.235. The highest BCUT2D eigenvalue weighted by Gasteiger charge is 2.20. The second kappa shape index (κ2) is 5.04. The monoisotopic (exact) mass is 298 g/mol. The fourth-order valence-electron chi connectivity index (χ4n) is 2.33. The van der Waals surface area contributed by atoms with E-state index in [1.165, 1.54) is 21.6 Å². The predicted octanol–water partition coefficient (Wildman–Crippen LogP) is 4.89. The van der Waals surface area contributed by atoms with Gasteiger partial charge in [0, 0.05) is 4.88 Å². The molecule has 2 aromatic heterocycles. The van der Waals surface area contributed by atoms with Crippen LogP contribution in [-0.4, -0.2) is 5.16 Å². The quantitative estimate of drug-likeness (QED) is 0.733. The van der Waals surface area contributed by atoms with Gasteiger partial charge in [-0.2, -0.15) is 0 Å². The van der Waals surface area contributed by atoms with Crippen molar-refractivity contribution >= 4 is 17.2 Å². The number of nitrogens with zero attached hydrogens (tertiary/aromatic N) is 1. The van der Waals surface area contributed by atoms with Crippen molar-refractivity contribution in [1.82, 2.24) is 5.16 Å². The van der Waals surface area contributed by atoms with E-state index >= 15 is 0 Å². The number of nitrogen functional groups attached to an aromatic ring is 1. The Morgan fingerprint density at radius 2 is 1.76 bits per heavy atom. The van der Waals surface area contributed by atoms with Gasteiger partial charge in [0.2, 0.25) is 0 Å². The molecule has 108 valence electrons. The summed E-state index contributed by atoms with van der Waals surface area (Å²) in [5.74, 6) is 1.20. The fourth-order valence-corrected chi connectivity index (χ4v) is 3.35. The highest BCUT2D eigenvalue weighted by atomic mass is 32.1. The summed E-state index contributed by atoms with van der Waals surface area (Å²) in [6.45, 7) is 8.41. The minimum atomic E-state index is 0.442. The average Bonchev–Trinajstić information content (AvgIpc) is 2.97. The molecule has 0 saturated heterocycles. The Kier molecular flexibility index (Phi) is 3.33. The van der Waals surface area contributed by atoms with Gasteiger partial charge in [-0.3, -0.25) is 0 Å². The Labute approximate surface area is 128 Å². The number of nitrogens with two attached hydrogens (primary N) is 1. The van der Waals surface area contributed by atoms with Crippen LogP contribution in [0.5, 0.6) is 0 Å². The molecule has 0 unspecified atom stereocenters. The second-order valence-corrected chi connectivity index (χ2v) is 6.68. The normalized spacial score (nSPS) is 11.0. The number of anilines is 1. The zero-order valence-electron chi connectivity index (χ0n) is 12.7. The molecule has 0 atom stereocenters. The molecule has 0 spiro atoms. The van der Waals surface area contributed by atoms with Gasteiger partial charge in [0.25, 0.3) is 0 Å². The Morgan fingerprint density at radius 1 is 1.00 bits per heavy atom. The van der Waals surface area contributed by atoms with E-state index in [-0.39, 0.29) is 0 Å². The van der Waals surface area contributed by atoms with Crippen LogP contribution in [0.2, 0.25) is 0 Å². The number of hydrogen-bond donors (Lipinski definition) is 1. The van der Waals surface area contributed by atoms with Crippen LogP contribution in [-0.2, 0) is 0 Å². The van der Waals surface area contributed by atoms with E-state index in [9.17, 15) is 0 Å². The van der Waals surface area contributed by atoms with Gasteiger partial charge in [-0.05, 0) is 56.0 Å². The molecule has 0 amide bonds. The van der Waals surface area contributed by atoms with E-state index in [4.69, 9.17) is 10.3 Å². The summed E-state index contributed by atoms with van der Waals surface area (Å²) in [6, 6.07) is 8.44. The molecule has 2 N–H and O–H groups in total. The van der Waals surface area contributed by atoms with E-state index < -0.39 is 0 Å². The van der Waals surface area contributed by atoms with Gasteiger partial charge in [0.05, 0.1) is 10.4 Å². The summed E-state index contributed by atoms with van der Waals surface area (Å²) in [7, 11) is 0. The molecular weight excluding hydrogens is 280 g/mol. The molecule has 3 rings (SSSR count). The van der Waals surface area contributed by atoms with Crippen molar-refractivity contribution in [3.05, 3.63) is 45.8 Å². The van der Waals surface area contributed by atoms with Crippen LogP contribution in [0.1, 0.15) is 21.6 Å². The van der Waals surface area contributed by atoms with Gasteiger partial charge in [0.1, 0.15) is 0 Å². The molecule has 0 fully saturated rings. The minimum Gasteiger partial charge on any atom is -0.380 e. The van der Waals surface area contributed by atoms with Crippen molar-refractivity contribution in [2.75, 3.05) is 5.73 Å². The highest BCUT2D eigenvalue weighted by Crippen LogP contribution is 2.40. The molecule has 3 aromatic rings. The van der Waals surface area contributed by atoms with Crippen molar-refractivity contribution in [3.63, 3.8) is 0 Å². The lowest BCUT2D eigenvalue weighted by Gasteiger charge is -2.05. The highest BCUT2D eigenvalue weighted by molar-refractivity contribution is 7.15. The van der Waals surface area contributed by atoms with Gasteiger partial charge in [0.15, 0.2) is 11.6 Å². The SMILES string of the molecule is Cc1ccc(-c2c(N)noc2-c2cc(C)c(C)s2)cc1C. The predicted molar refractivity (Wildman–Crippen MR) is 88.6 cm³/mol. The Bertz CT molecular complexity index is 795. The Morgan fingerprint density at radius 3 is 2.38 bits per heavy atom. The van der Waals surface area contributed by atoms with Crippen molar-refractivity contribution in [2.24, 2.45) is 0 Å². The Hall–Kier alpha value is -2.07. The molecule has 0 aliphatic carbocycles. The first kappa shape index (κ1) is 13.9. The first-order chi connectivity index (χ1) is 9.97. The van der Waals surface area contributed by atoms with Crippen LogP contribution >= 0.6 is 11.3 Å². The lowest BCUT2D eigenvalue weighted by atomic mass is 10.00. The van der Waals surface area contributed by atoms with Gasteiger partial charge in [-0.15, -0.1) is 11.3 Å². The van der Waals surface area contributed by atoms with Crippen LogP contribution in [0.15, 0.2) is 28.8 Å². The maximum Gasteiger partial charge on any atom is 0.186 e. The Balaban J connectivity index is 2.19. The van der Waals surface area contributed by atoms with Crippen LogP contribution < -0.4 is 5.73 Å². The topological polar surface area (TPSA) is 52.0 Å². The van der Waals surface area contributed by atoms with E-state index in [1.807, 2.05) is 0 Å². The summed E-state index contributed by atoms with van der Waals surface area (Å²) >= 11 is 1.71. The number of benzene rings is 1. The first-order valence-electron chi connectivity index (χ1n) is 6.87. The molecule has 0 radical (unpaired) electrons. The summed E-state index contributed by atoms with van der Waals surface area (Å²) in [4.78, 5) is 2.36. The lowest BCUT2D eigenvalue weighted by Crippen LogP contribution is -1.90. The number of rotatable bonds is 2. The number of thiophene rings is 1. The van der Waals surface area contributed by atoms with E-state index in [1.54, 1.807) is 11.3 Å². The van der Waals surface area contributed by atoms with Crippen molar-refractivity contribution in [1.29, 1.82) is 0 Å². The zero-order valence-corrected chi connectivity index (χ0v) is 13.5. The lowest BCUT2D eigenvalue weighted by molar-refractivity contribution is 0.437. The van der Waals surface area contributed by atoms with Gasteiger partial charge >= 0.3 is 0 Å². The molecule has 1 aromatic carbocycles. The zero-order chi connectivity index (χ0) is 15.1. The number of hydrogen-bond acceptors (Lipinski definition) is 4. The minimum absolute atomic E-state index is 0.442. The van der Waals surface area contributed by atoms with Gasteiger partial charge in [-0.1, -0.05) is 23.4 Å².